The van der Waals surface area contributed by atoms with Crippen molar-refractivity contribution < 1.29 is 24.2 Å². The number of ether oxygens (including phenoxy) is 1. The van der Waals surface area contributed by atoms with Crippen LogP contribution >= 0.6 is 0 Å². The number of benzene rings is 2. The zero-order chi connectivity index (χ0) is 22.5. The van der Waals surface area contributed by atoms with Crippen LogP contribution in [-0.4, -0.2) is 53.7 Å². The Bertz CT molecular complexity index is 1060. The Hall–Kier alpha value is -3.79. The van der Waals surface area contributed by atoms with Gasteiger partial charge in [-0.15, -0.1) is 0 Å². The normalized spacial score (nSPS) is 16.9. The maximum absolute atomic E-state index is 12.2. The maximum atomic E-state index is 12.2. The van der Waals surface area contributed by atoms with Crippen LogP contribution in [0.4, 0.5) is 4.79 Å². The van der Waals surface area contributed by atoms with E-state index < -0.39 is 24.0 Å². The van der Waals surface area contributed by atoms with Crippen molar-refractivity contribution in [2.75, 3.05) is 19.7 Å². The van der Waals surface area contributed by atoms with Gasteiger partial charge >= 0.3 is 12.1 Å². The number of amides is 2. The molecule has 1 heterocycles. The smallest absolute Gasteiger partial charge is 0.407 e. The van der Waals surface area contributed by atoms with Crippen LogP contribution in [0.2, 0.25) is 0 Å². The largest absolute Gasteiger partial charge is 0.480 e. The Labute approximate surface area is 186 Å². The quantitative estimate of drug-likeness (QED) is 0.724. The number of nitrogens with zero attached hydrogens (tertiary/aromatic N) is 1. The minimum absolute atomic E-state index is 0.0344. The van der Waals surface area contributed by atoms with E-state index >= 15 is 0 Å². The summed E-state index contributed by atoms with van der Waals surface area (Å²) in [7, 11) is 0. The van der Waals surface area contributed by atoms with Gasteiger partial charge in [0.05, 0.1) is 6.54 Å². The first-order chi connectivity index (χ1) is 15.6. The van der Waals surface area contributed by atoms with Crippen LogP contribution in [0.5, 0.6) is 0 Å². The van der Waals surface area contributed by atoms with Gasteiger partial charge in [-0.1, -0.05) is 54.5 Å². The molecule has 0 radical (unpaired) electrons. The van der Waals surface area contributed by atoms with Crippen LogP contribution in [0, 0.1) is 11.8 Å². The fourth-order valence-corrected chi connectivity index (χ4v) is 4.39. The molecule has 0 unspecified atom stereocenters. The van der Waals surface area contributed by atoms with Crippen LogP contribution in [0.15, 0.2) is 48.5 Å². The predicted octanol–water partition coefficient (Wildman–Crippen LogP) is 2.99. The second-order valence-electron chi connectivity index (χ2n) is 7.83. The van der Waals surface area contributed by atoms with Crippen molar-refractivity contribution in [1.82, 2.24) is 10.2 Å². The van der Waals surface area contributed by atoms with Crippen LogP contribution < -0.4 is 5.32 Å². The van der Waals surface area contributed by atoms with Gasteiger partial charge in [-0.3, -0.25) is 4.79 Å². The van der Waals surface area contributed by atoms with Crippen molar-refractivity contribution >= 4 is 18.0 Å². The minimum atomic E-state index is -1.02. The molecule has 7 nitrogen and oxygen atoms in total. The molecule has 1 fully saturated rings. The topological polar surface area (TPSA) is 95.9 Å². The SMILES string of the molecule is O=C(NCC#CC(=O)N1CCCC[C@H]1C(=O)O)OCC1c2ccccc2-c2ccccc21. The standard InChI is InChI=1S/C25H24N2O5/c28-23(27-15-6-5-12-22(27)24(29)30)13-7-14-26-25(31)32-16-21-19-10-3-1-8-17(19)18-9-2-4-11-20(18)21/h1-4,8-11,21-22H,5-6,12,14-16H2,(H,26,31)(H,29,30)/t22-/m0/s1. The lowest BCUT2D eigenvalue weighted by molar-refractivity contribution is -0.149. The van der Waals surface area contributed by atoms with Crippen molar-refractivity contribution in [3.05, 3.63) is 59.7 Å². The Morgan fingerprint density at radius 1 is 1.03 bits per heavy atom. The molecule has 2 aromatic rings. The summed E-state index contributed by atoms with van der Waals surface area (Å²) in [6.45, 7) is 0.512. The number of nitrogens with one attached hydrogen (secondary N) is 1. The average molecular weight is 432 g/mol. The van der Waals surface area contributed by atoms with E-state index in [1.807, 2.05) is 36.4 Å². The maximum Gasteiger partial charge on any atom is 0.407 e. The fraction of sp³-hybridized carbons (Fsp3) is 0.320. The lowest BCUT2D eigenvalue weighted by atomic mass is 9.98. The van der Waals surface area contributed by atoms with Crippen LogP contribution in [0.3, 0.4) is 0 Å². The second kappa shape index (κ2) is 9.56. The number of rotatable bonds is 4. The van der Waals surface area contributed by atoms with E-state index in [4.69, 9.17) is 4.74 Å². The van der Waals surface area contributed by atoms with Crippen LogP contribution in [0.1, 0.15) is 36.3 Å². The fourth-order valence-electron chi connectivity index (χ4n) is 4.39. The first-order valence-corrected chi connectivity index (χ1v) is 10.7. The molecule has 4 rings (SSSR count). The number of carbonyl (C=O) groups is 3. The van der Waals surface area contributed by atoms with Gasteiger partial charge in [-0.05, 0) is 47.4 Å². The number of likely N-dealkylation sites (tertiary alicyclic amines) is 1. The summed E-state index contributed by atoms with van der Waals surface area (Å²) in [5.74, 6) is 3.42. The van der Waals surface area contributed by atoms with E-state index in [2.05, 4.69) is 29.3 Å². The molecular weight excluding hydrogens is 408 g/mol. The number of hydrogen-bond acceptors (Lipinski definition) is 4. The predicted molar refractivity (Wildman–Crippen MR) is 118 cm³/mol. The highest BCUT2D eigenvalue weighted by molar-refractivity contribution is 5.96. The molecule has 0 bridgehead atoms. The molecule has 0 spiro atoms. The molecule has 2 aromatic carbocycles. The summed E-state index contributed by atoms with van der Waals surface area (Å²) in [6.07, 6.45) is 1.35. The molecule has 0 saturated carbocycles. The molecule has 164 valence electrons. The van der Waals surface area contributed by atoms with Crippen molar-refractivity contribution in [2.24, 2.45) is 0 Å². The van der Waals surface area contributed by atoms with Gasteiger partial charge in [0.2, 0.25) is 0 Å². The van der Waals surface area contributed by atoms with E-state index in [0.717, 1.165) is 35.1 Å². The third-order valence-corrected chi connectivity index (χ3v) is 5.91. The monoisotopic (exact) mass is 432 g/mol. The number of piperidine rings is 1. The molecule has 2 N–H and O–H groups in total. The van der Waals surface area contributed by atoms with Crippen LogP contribution in [0.25, 0.3) is 11.1 Å². The van der Waals surface area contributed by atoms with Gasteiger partial charge in [0.15, 0.2) is 0 Å². The van der Waals surface area contributed by atoms with Gasteiger partial charge in [0.1, 0.15) is 12.6 Å². The summed E-state index contributed by atoms with van der Waals surface area (Å²) in [5.41, 5.74) is 4.56. The van der Waals surface area contributed by atoms with E-state index in [0.29, 0.717) is 13.0 Å². The number of alkyl carbamates (subject to hydrolysis) is 1. The van der Waals surface area contributed by atoms with Crippen molar-refractivity contribution in [3.8, 4) is 23.0 Å². The zero-order valence-electron chi connectivity index (χ0n) is 17.5. The highest BCUT2D eigenvalue weighted by Gasteiger charge is 2.31. The summed E-state index contributed by atoms with van der Waals surface area (Å²) in [4.78, 5) is 37.0. The van der Waals surface area contributed by atoms with Crippen molar-refractivity contribution in [2.45, 2.75) is 31.2 Å². The average Bonchev–Trinajstić information content (AvgIpc) is 3.14. The van der Waals surface area contributed by atoms with E-state index in [1.54, 1.807) is 0 Å². The zero-order valence-corrected chi connectivity index (χ0v) is 17.5. The molecular formula is C25H24N2O5. The Morgan fingerprint density at radius 3 is 2.34 bits per heavy atom. The van der Waals surface area contributed by atoms with E-state index in [1.165, 1.54) is 4.90 Å². The minimum Gasteiger partial charge on any atom is -0.480 e. The molecule has 7 heteroatoms. The van der Waals surface area contributed by atoms with Crippen LogP contribution in [-0.2, 0) is 14.3 Å². The summed E-state index contributed by atoms with van der Waals surface area (Å²) >= 11 is 0. The van der Waals surface area contributed by atoms with E-state index in [9.17, 15) is 19.5 Å². The van der Waals surface area contributed by atoms with Crippen molar-refractivity contribution in [1.29, 1.82) is 0 Å². The van der Waals surface area contributed by atoms with Gasteiger partial charge < -0.3 is 20.1 Å². The lowest BCUT2D eigenvalue weighted by Gasteiger charge is -2.31. The summed E-state index contributed by atoms with van der Waals surface area (Å²) in [5, 5.41) is 11.8. The third kappa shape index (κ3) is 4.45. The Morgan fingerprint density at radius 2 is 1.69 bits per heavy atom. The summed E-state index contributed by atoms with van der Waals surface area (Å²) < 4.78 is 5.42. The molecule has 2 aliphatic rings. The first-order valence-electron chi connectivity index (χ1n) is 10.7. The molecule has 1 atom stereocenters. The van der Waals surface area contributed by atoms with Gasteiger partial charge in [-0.25, -0.2) is 9.59 Å². The highest BCUT2D eigenvalue weighted by atomic mass is 16.5. The Balaban J connectivity index is 1.30. The number of fused-ring (bicyclic) bond motifs is 3. The molecule has 32 heavy (non-hydrogen) atoms. The first kappa shape index (κ1) is 21.4. The number of carbonyl (C=O) groups excluding carboxylic acids is 2. The Kier molecular flexibility index (Phi) is 6.41. The van der Waals surface area contributed by atoms with Gasteiger partial charge in [0, 0.05) is 12.5 Å². The third-order valence-electron chi connectivity index (χ3n) is 5.91. The van der Waals surface area contributed by atoms with E-state index in [-0.39, 0.29) is 19.1 Å². The molecule has 1 aliphatic carbocycles. The summed E-state index contributed by atoms with van der Waals surface area (Å²) in [6, 6.07) is 15.3. The number of aliphatic carboxylic acids is 1. The number of hydrogen-bond donors (Lipinski definition) is 2. The number of carboxylic acids is 1. The molecule has 1 aliphatic heterocycles. The lowest BCUT2D eigenvalue weighted by Crippen LogP contribution is -2.47. The highest BCUT2D eigenvalue weighted by Crippen LogP contribution is 2.44. The van der Waals surface area contributed by atoms with Gasteiger partial charge in [-0.2, -0.15) is 0 Å². The van der Waals surface area contributed by atoms with Crippen molar-refractivity contribution in [3.63, 3.8) is 0 Å². The second-order valence-corrected chi connectivity index (χ2v) is 7.83. The van der Waals surface area contributed by atoms with Gasteiger partial charge in [0.25, 0.3) is 5.91 Å². The number of carboxylic acid groups (broad SMARTS) is 1. The molecule has 0 aromatic heterocycles. The molecule has 2 amide bonds. The molecule has 1 saturated heterocycles.